The first-order chi connectivity index (χ1) is 32.2. The fraction of sp³-hybridized carbons (Fsp3) is 0.688. The molecule has 0 spiro atoms. The van der Waals surface area contributed by atoms with E-state index in [9.17, 15) is 28.8 Å². The number of allylic oxidation sites excluding steroid dienone is 2. The molecule has 2 aromatic rings. The number of ether oxygens (including phenoxy) is 3. The Balaban J connectivity index is 0.000000425. The number of hydrogen-bond acceptors (Lipinski definition) is 15. The van der Waals surface area contributed by atoms with Crippen molar-refractivity contribution in [3.8, 4) is 0 Å². The molecule has 6 unspecified atom stereocenters. The number of likely N-dealkylation sites (N-methyl/N-ethyl adjacent to an activating group) is 1. The molecular formula is C48H80N8O10S2. The highest BCUT2D eigenvalue weighted by atomic mass is 32.2. The lowest BCUT2D eigenvalue weighted by atomic mass is 9.91. The maximum absolute atomic E-state index is 12.8. The highest BCUT2D eigenvalue weighted by Crippen LogP contribution is 2.40. The Kier molecular flexibility index (Phi) is 28.2. The molecule has 2 aliphatic carbocycles. The predicted octanol–water partition coefficient (Wildman–Crippen LogP) is 3.87. The van der Waals surface area contributed by atoms with Gasteiger partial charge < -0.3 is 60.9 Å². The van der Waals surface area contributed by atoms with E-state index in [1.165, 1.54) is 0 Å². The molecule has 2 aromatic heterocycles. The molecule has 4 rings (SSSR count). The normalized spacial score (nSPS) is 18.0. The molecule has 6 atom stereocenters. The fourth-order valence-electron chi connectivity index (χ4n) is 6.37. The number of rotatable bonds is 27. The van der Waals surface area contributed by atoms with Gasteiger partial charge in [0, 0.05) is 66.0 Å². The number of nitrogens with two attached hydrogens (primary N) is 1. The predicted molar refractivity (Wildman–Crippen MR) is 273 cm³/mol. The third-order valence-electron chi connectivity index (χ3n) is 10.4. The third kappa shape index (κ3) is 24.5. The van der Waals surface area contributed by atoms with E-state index in [-0.39, 0.29) is 71.8 Å². The Labute approximate surface area is 411 Å². The van der Waals surface area contributed by atoms with Crippen molar-refractivity contribution in [2.24, 2.45) is 16.7 Å². The van der Waals surface area contributed by atoms with E-state index in [4.69, 9.17) is 25.1 Å². The number of aliphatic hydroxyl groups excluding tert-OH is 1. The van der Waals surface area contributed by atoms with Crippen molar-refractivity contribution in [1.29, 1.82) is 0 Å². The van der Waals surface area contributed by atoms with Gasteiger partial charge in [-0.15, -0.1) is 0 Å². The molecule has 2 heterocycles. The number of nitrogens with zero attached hydrogens (tertiary/aromatic N) is 1. The van der Waals surface area contributed by atoms with Crippen LogP contribution < -0.4 is 32.6 Å². The zero-order valence-corrected chi connectivity index (χ0v) is 43.3. The maximum Gasteiger partial charge on any atom is 0.262 e. The molecular weight excluding hydrogens is 913 g/mol. The second-order valence-corrected chi connectivity index (χ2v) is 21.7. The molecule has 3 amide bonds. The van der Waals surface area contributed by atoms with Crippen LogP contribution in [0.25, 0.3) is 11.0 Å². The minimum absolute atomic E-state index is 0.0121. The number of methoxy groups -OCH3 is 1. The highest BCUT2D eigenvalue weighted by molar-refractivity contribution is 8.04. The van der Waals surface area contributed by atoms with Gasteiger partial charge in [-0.3, -0.25) is 24.2 Å². The summed E-state index contributed by atoms with van der Waals surface area (Å²) in [6.07, 6.45) is 14.9. The van der Waals surface area contributed by atoms with E-state index >= 15 is 0 Å². The number of aldehydes is 2. The lowest BCUT2D eigenvalue weighted by Gasteiger charge is -2.37. The molecule has 1 fully saturated rings. The van der Waals surface area contributed by atoms with E-state index < -0.39 is 6.04 Å². The Bertz CT molecular complexity index is 1960. The molecule has 0 radical (unpaired) electrons. The smallest absolute Gasteiger partial charge is 0.262 e. The quantitative estimate of drug-likeness (QED) is 0.0467. The topological polar surface area (TPSA) is 269 Å². The van der Waals surface area contributed by atoms with Crippen molar-refractivity contribution in [2.75, 3.05) is 77.5 Å². The summed E-state index contributed by atoms with van der Waals surface area (Å²) in [5, 5.41) is 21.8. The summed E-state index contributed by atoms with van der Waals surface area (Å²) < 4.78 is 16.0. The summed E-state index contributed by atoms with van der Waals surface area (Å²) in [5.74, 6) is 1.12. The number of amides is 3. The lowest BCUT2D eigenvalue weighted by Crippen LogP contribution is -2.50. The Morgan fingerprint density at radius 1 is 1.03 bits per heavy atom. The van der Waals surface area contributed by atoms with E-state index in [1.807, 2.05) is 46.0 Å². The first kappa shape index (κ1) is 60.1. The van der Waals surface area contributed by atoms with Crippen molar-refractivity contribution in [3.63, 3.8) is 0 Å². The minimum Gasteiger partial charge on any atom is -0.394 e. The van der Waals surface area contributed by atoms with Crippen LogP contribution >= 0.6 is 23.5 Å². The summed E-state index contributed by atoms with van der Waals surface area (Å²) in [4.78, 5) is 80.2. The summed E-state index contributed by atoms with van der Waals surface area (Å²) in [6.45, 7) is 16.3. The van der Waals surface area contributed by atoms with Crippen molar-refractivity contribution in [2.45, 2.75) is 122 Å². The van der Waals surface area contributed by atoms with Crippen molar-refractivity contribution in [3.05, 3.63) is 45.9 Å². The number of nitrogen functional groups attached to an aromatic ring is 1. The van der Waals surface area contributed by atoms with Gasteiger partial charge in [-0.1, -0.05) is 59.8 Å². The number of H-pyrrole nitrogens is 2. The fourth-order valence-corrected chi connectivity index (χ4v) is 9.52. The van der Waals surface area contributed by atoms with Crippen LogP contribution in [0, 0.1) is 16.7 Å². The van der Waals surface area contributed by atoms with Crippen LogP contribution in [0.5, 0.6) is 0 Å². The van der Waals surface area contributed by atoms with E-state index in [0.717, 1.165) is 62.4 Å². The number of aliphatic hydroxyl groups is 1. The molecule has 9 N–H and O–H groups in total. The molecule has 0 bridgehead atoms. The molecule has 18 nitrogen and oxygen atoms in total. The van der Waals surface area contributed by atoms with Gasteiger partial charge in [0.2, 0.25) is 17.8 Å². The first-order valence-corrected chi connectivity index (χ1v) is 25.5. The number of nitrogens with one attached hydrogen (secondary N) is 6. The number of fused-ring (bicyclic) bond motifs is 1. The number of carbonyl (C=O) groups excluding carboxylic acids is 5. The largest absolute Gasteiger partial charge is 0.394 e. The van der Waals surface area contributed by atoms with Gasteiger partial charge in [0.05, 0.1) is 50.4 Å². The molecule has 0 aromatic carbocycles. The number of hydrogen-bond donors (Lipinski definition) is 8. The SMILES string of the molecule is CC(C)(C)C=O.CNC(C=O)CSC1CCC1SCC(NC(=O)CC(C)OCC(C)(C)C)C(=O)NCCOCCO.COCCCNC(=O)C1=CCC(CCc2c[nH]c3nc(N)[nH]c(=O)c23)C=C1. The number of carbonyl (C=O) groups is 5. The first-order valence-electron chi connectivity index (χ1n) is 23.4. The van der Waals surface area contributed by atoms with Crippen LogP contribution in [-0.4, -0.2) is 151 Å². The zero-order chi connectivity index (χ0) is 50.7. The number of anilines is 1. The van der Waals surface area contributed by atoms with Gasteiger partial charge in [0.15, 0.2) is 0 Å². The van der Waals surface area contributed by atoms with Crippen LogP contribution in [0.2, 0.25) is 0 Å². The average molecular weight is 993 g/mol. The summed E-state index contributed by atoms with van der Waals surface area (Å²) >= 11 is 3.48. The lowest BCUT2D eigenvalue weighted by molar-refractivity contribution is -0.130. The number of aryl methyl sites for hydroxylation is 1. The Morgan fingerprint density at radius 3 is 2.29 bits per heavy atom. The van der Waals surface area contributed by atoms with Gasteiger partial charge >= 0.3 is 0 Å². The Hall–Kier alpha value is -4.05. The molecule has 0 aliphatic heterocycles. The molecule has 20 heteroatoms. The second kappa shape index (κ2) is 32.0. The number of thioether (sulfide) groups is 2. The number of aromatic nitrogens is 3. The molecule has 1 saturated carbocycles. The van der Waals surface area contributed by atoms with Crippen LogP contribution in [0.4, 0.5) is 5.95 Å². The van der Waals surface area contributed by atoms with Crippen LogP contribution in [0.1, 0.15) is 92.6 Å². The monoisotopic (exact) mass is 993 g/mol. The van der Waals surface area contributed by atoms with Crippen molar-refractivity contribution >= 4 is 70.8 Å². The second-order valence-electron chi connectivity index (χ2n) is 19.1. The molecule has 384 valence electrons. The van der Waals surface area contributed by atoms with Gasteiger partial charge in [0.1, 0.15) is 24.3 Å². The highest BCUT2D eigenvalue weighted by Gasteiger charge is 2.34. The molecule has 2 aliphatic rings. The van der Waals surface area contributed by atoms with Gasteiger partial charge in [-0.2, -0.15) is 28.5 Å². The van der Waals surface area contributed by atoms with Gasteiger partial charge in [-0.05, 0) is 69.4 Å². The van der Waals surface area contributed by atoms with Crippen LogP contribution in [0.3, 0.4) is 0 Å². The van der Waals surface area contributed by atoms with E-state index in [0.29, 0.717) is 71.7 Å². The maximum atomic E-state index is 12.8. The van der Waals surface area contributed by atoms with Crippen molar-refractivity contribution in [1.82, 2.24) is 36.2 Å². The van der Waals surface area contributed by atoms with E-state index in [1.54, 1.807) is 37.7 Å². The van der Waals surface area contributed by atoms with Gasteiger partial charge in [0.25, 0.3) is 11.5 Å². The van der Waals surface area contributed by atoms with E-state index in [2.05, 4.69) is 63.1 Å². The van der Waals surface area contributed by atoms with Crippen LogP contribution in [-0.2, 0) is 44.6 Å². The Morgan fingerprint density at radius 2 is 1.72 bits per heavy atom. The average Bonchev–Trinajstić information content (AvgIpc) is 3.70. The summed E-state index contributed by atoms with van der Waals surface area (Å²) in [5.41, 5.74) is 7.36. The minimum atomic E-state index is -0.661. The van der Waals surface area contributed by atoms with Crippen LogP contribution in [0.15, 0.2) is 34.8 Å². The standard InChI is InChI=1S/C24H45N3O6S2.C19H25N5O3.C5H10O/c1-17(33-16-24(2,3)4)12-22(30)27-19(23(31)26-8-10-32-11-9-28)15-35-21-7-6-20(21)34-14-18(13-29)25-5;1-27-10-2-9-21-17(25)13-6-3-12(4-7-13)5-8-14-11-22-16-15(14)18(26)24-19(20)23-16;1-5(2,3)4-6/h13,17-21,25,28H,6-12,14-16H2,1-5H3,(H,26,31)(H,27,30);3,6-7,11-12H,2,4-5,8-10H2,1H3,(H,21,25)(H4,20,22,23,24,26);4H,1-3H3. The summed E-state index contributed by atoms with van der Waals surface area (Å²) in [7, 11) is 3.43. The molecule has 68 heavy (non-hydrogen) atoms. The summed E-state index contributed by atoms with van der Waals surface area (Å²) in [6, 6.07) is -0.814. The van der Waals surface area contributed by atoms with Gasteiger partial charge in [-0.25, -0.2) is 0 Å². The van der Waals surface area contributed by atoms with Crippen molar-refractivity contribution < 1.29 is 43.3 Å². The third-order valence-corrected chi connectivity index (χ3v) is 13.6. The number of aromatic amines is 2. The molecule has 0 saturated heterocycles. The zero-order valence-electron chi connectivity index (χ0n) is 41.7.